The van der Waals surface area contributed by atoms with E-state index in [1.54, 1.807) is 6.07 Å². The van der Waals surface area contributed by atoms with Gasteiger partial charge in [0.15, 0.2) is 0 Å². The zero-order valence-corrected chi connectivity index (χ0v) is 10.5. The second kappa shape index (κ2) is 5.38. The van der Waals surface area contributed by atoms with Crippen molar-refractivity contribution in [1.29, 1.82) is 0 Å². The Hall–Kier alpha value is -1.91. The minimum atomic E-state index is -4.30. The second-order valence-corrected chi connectivity index (χ2v) is 4.22. The lowest BCUT2D eigenvalue weighted by Gasteiger charge is -2.11. The van der Waals surface area contributed by atoms with Gasteiger partial charge in [0.2, 0.25) is 0 Å². The number of rotatable bonds is 4. The molecule has 0 atom stereocenters. The van der Waals surface area contributed by atoms with Crippen molar-refractivity contribution in [1.82, 2.24) is 4.57 Å². The molecule has 0 unspecified atom stereocenters. The van der Waals surface area contributed by atoms with E-state index < -0.39 is 11.7 Å². The van der Waals surface area contributed by atoms with E-state index >= 15 is 0 Å². The number of aryl methyl sites for hydroxylation is 1. The smallest absolute Gasteiger partial charge is 0.379 e. The maximum Gasteiger partial charge on any atom is 0.416 e. The van der Waals surface area contributed by atoms with Crippen molar-refractivity contribution < 1.29 is 13.2 Å². The highest BCUT2D eigenvalue weighted by Crippen LogP contribution is 2.30. The van der Waals surface area contributed by atoms with Crippen LogP contribution in [0.2, 0.25) is 0 Å². The summed E-state index contributed by atoms with van der Waals surface area (Å²) in [4.78, 5) is 0. The van der Waals surface area contributed by atoms with Crippen LogP contribution in [0.25, 0.3) is 0 Å². The fourth-order valence-electron chi connectivity index (χ4n) is 1.92. The van der Waals surface area contributed by atoms with Crippen LogP contribution in [0.15, 0.2) is 42.6 Å². The van der Waals surface area contributed by atoms with Crippen LogP contribution >= 0.6 is 0 Å². The number of nitrogens with one attached hydrogen (secondary N) is 1. The quantitative estimate of drug-likeness (QED) is 0.881. The highest BCUT2D eigenvalue weighted by molar-refractivity contribution is 5.46. The van der Waals surface area contributed by atoms with Gasteiger partial charge in [-0.25, -0.2) is 0 Å². The van der Waals surface area contributed by atoms with E-state index in [4.69, 9.17) is 0 Å². The van der Waals surface area contributed by atoms with Crippen LogP contribution in [-0.2, 0) is 19.3 Å². The van der Waals surface area contributed by atoms with Gasteiger partial charge in [-0.1, -0.05) is 6.07 Å². The number of hydrogen-bond acceptors (Lipinski definition) is 1. The molecular weight excluding hydrogens is 253 g/mol. The van der Waals surface area contributed by atoms with Crippen LogP contribution in [0.3, 0.4) is 0 Å². The van der Waals surface area contributed by atoms with Gasteiger partial charge in [-0.2, -0.15) is 13.2 Å². The van der Waals surface area contributed by atoms with Gasteiger partial charge in [-0.15, -0.1) is 0 Å². The molecule has 1 aromatic carbocycles. The van der Waals surface area contributed by atoms with E-state index in [0.717, 1.165) is 24.4 Å². The van der Waals surface area contributed by atoms with Crippen LogP contribution in [0.4, 0.5) is 18.9 Å². The molecule has 0 radical (unpaired) electrons. The number of alkyl halides is 3. The van der Waals surface area contributed by atoms with Crippen molar-refractivity contribution in [3.63, 3.8) is 0 Å². The van der Waals surface area contributed by atoms with Gasteiger partial charge in [0.25, 0.3) is 0 Å². The average molecular weight is 268 g/mol. The molecule has 2 nitrogen and oxygen atoms in total. The molecule has 0 amide bonds. The lowest BCUT2D eigenvalue weighted by Crippen LogP contribution is -2.08. The normalized spacial score (nSPS) is 11.6. The third-order valence-corrected chi connectivity index (χ3v) is 2.93. The fraction of sp³-hybridized carbons (Fsp3) is 0.286. The number of halogens is 3. The summed E-state index contributed by atoms with van der Waals surface area (Å²) < 4.78 is 39.7. The Kier molecular flexibility index (Phi) is 3.83. The molecule has 0 aliphatic heterocycles. The van der Waals surface area contributed by atoms with E-state index in [1.165, 1.54) is 6.07 Å². The number of aromatic nitrogens is 1. The van der Waals surface area contributed by atoms with Crippen molar-refractivity contribution in [2.45, 2.75) is 26.2 Å². The van der Waals surface area contributed by atoms with Crippen LogP contribution in [0, 0.1) is 0 Å². The molecule has 1 N–H and O–H groups in total. The zero-order valence-electron chi connectivity index (χ0n) is 10.5. The van der Waals surface area contributed by atoms with Crippen molar-refractivity contribution in [2.75, 3.05) is 5.32 Å². The molecule has 2 aromatic rings. The monoisotopic (exact) mass is 268 g/mol. The molecular formula is C14H15F3N2. The van der Waals surface area contributed by atoms with Crippen LogP contribution in [0.5, 0.6) is 0 Å². The molecule has 0 aliphatic carbocycles. The molecule has 5 heteroatoms. The highest BCUT2D eigenvalue weighted by Gasteiger charge is 2.30. The van der Waals surface area contributed by atoms with Gasteiger partial charge in [0.05, 0.1) is 12.1 Å². The lowest BCUT2D eigenvalue weighted by atomic mass is 10.2. The summed E-state index contributed by atoms with van der Waals surface area (Å²) in [7, 11) is 0. The van der Waals surface area contributed by atoms with E-state index in [9.17, 15) is 13.2 Å². The maximum absolute atomic E-state index is 12.6. The summed E-state index contributed by atoms with van der Waals surface area (Å²) in [5, 5.41) is 3.01. The maximum atomic E-state index is 12.6. The van der Waals surface area contributed by atoms with E-state index in [1.807, 2.05) is 29.8 Å². The van der Waals surface area contributed by atoms with Crippen molar-refractivity contribution >= 4 is 5.69 Å². The fourth-order valence-corrected chi connectivity index (χ4v) is 1.92. The zero-order chi connectivity index (χ0) is 13.9. The summed E-state index contributed by atoms with van der Waals surface area (Å²) in [5.74, 6) is 0. The Balaban J connectivity index is 2.08. The standard InChI is InChI=1S/C14H15F3N2/c1-2-19-8-4-7-13(19)10-18-12-6-3-5-11(9-12)14(15,16)17/h3-9,18H,2,10H2,1H3. The van der Waals surface area contributed by atoms with Gasteiger partial charge in [-0.05, 0) is 37.3 Å². The van der Waals surface area contributed by atoms with Crippen molar-refractivity contribution in [3.8, 4) is 0 Å². The SMILES string of the molecule is CCn1cccc1CNc1cccc(C(F)(F)F)c1. The molecule has 1 aromatic heterocycles. The summed E-state index contributed by atoms with van der Waals surface area (Å²) >= 11 is 0. The summed E-state index contributed by atoms with van der Waals surface area (Å²) in [6.07, 6.45) is -2.36. The molecule has 19 heavy (non-hydrogen) atoms. The third kappa shape index (κ3) is 3.30. The minimum absolute atomic E-state index is 0.471. The van der Waals surface area contributed by atoms with Crippen LogP contribution in [0.1, 0.15) is 18.2 Å². The predicted molar refractivity (Wildman–Crippen MR) is 68.9 cm³/mol. The van der Waals surface area contributed by atoms with E-state index in [2.05, 4.69) is 5.32 Å². The van der Waals surface area contributed by atoms with Gasteiger partial charge >= 0.3 is 6.18 Å². The van der Waals surface area contributed by atoms with Gasteiger partial charge < -0.3 is 9.88 Å². The topological polar surface area (TPSA) is 17.0 Å². The number of hydrogen-bond donors (Lipinski definition) is 1. The molecule has 102 valence electrons. The molecule has 0 fully saturated rings. The Morgan fingerprint density at radius 3 is 2.63 bits per heavy atom. The largest absolute Gasteiger partial charge is 0.416 e. The first kappa shape index (κ1) is 13.5. The Morgan fingerprint density at radius 2 is 1.95 bits per heavy atom. The lowest BCUT2D eigenvalue weighted by molar-refractivity contribution is -0.137. The predicted octanol–water partition coefficient (Wildman–Crippen LogP) is 4.14. The Morgan fingerprint density at radius 1 is 1.16 bits per heavy atom. The first-order chi connectivity index (χ1) is 9.00. The van der Waals surface area contributed by atoms with Crippen LogP contribution < -0.4 is 5.32 Å². The van der Waals surface area contributed by atoms with Gasteiger partial charge in [0.1, 0.15) is 0 Å². The molecule has 0 spiro atoms. The summed E-state index contributed by atoms with van der Waals surface area (Å²) in [6.45, 7) is 3.36. The number of benzene rings is 1. The molecule has 0 saturated heterocycles. The summed E-state index contributed by atoms with van der Waals surface area (Å²) in [6, 6.07) is 9.11. The number of anilines is 1. The molecule has 0 bridgehead atoms. The van der Waals surface area contributed by atoms with Gasteiger partial charge in [0, 0.05) is 24.1 Å². The Labute approximate surface area is 109 Å². The first-order valence-electron chi connectivity index (χ1n) is 6.06. The highest BCUT2D eigenvalue weighted by atomic mass is 19.4. The van der Waals surface area contributed by atoms with Crippen molar-refractivity contribution in [2.24, 2.45) is 0 Å². The first-order valence-corrected chi connectivity index (χ1v) is 6.06. The second-order valence-electron chi connectivity index (χ2n) is 4.22. The average Bonchev–Trinajstić information content (AvgIpc) is 2.83. The van der Waals surface area contributed by atoms with Crippen LogP contribution in [-0.4, -0.2) is 4.57 Å². The van der Waals surface area contributed by atoms with Gasteiger partial charge in [-0.3, -0.25) is 0 Å². The molecule has 2 rings (SSSR count). The third-order valence-electron chi connectivity index (χ3n) is 2.93. The molecule has 0 aliphatic rings. The Bertz CT molecular complexity index is 544. The summed E-state index contributed by atoms with van der Waals surface area (Å²) in [5.41, 5.74) is 0.877. The molecule has 0 saturated carbocycles. The molecule has 1 heterocycles. The van der Waals surface area contributed by atoms with E-state index in [-0.39, 0.29) is 0 Å². The number of nitrogens with zero attached hydrogens (tertiary/aromatic N) is 1. The minimum Gasteiger partial charge on any atom is -0.379 e. The van der Waals surface area contributed by atoms with Crippen molar-refractivity contribution in [3.05, 3.63) is 53.9 Å². The van der Waals surface area contributed by atoms with E-state index in [0.29, 0.717) is 12.2 Å².